The van der Waals surface area contributed by atoms with Crippen molar-refractivity contribution in [2.24, 2.45) is 0 Å². The number of hydrogen-bond donors (Lipinski definition) is 1. The summed E-state index contributed by atoms with van der Waals surface area (Å²) in [6.45, 7) is 3.89. The van der Waals surface area contributed by atoms with Crippen LogP contribution in [-0.2, 0) is 6.42 Å². The molecule has 0 aliphatic heterocycles. The normalized spacial score (nSPS) is 11.2. The van der Waals surface area contributed by atoms with Gasteiger partial charge in [-0.1, -0.05) is 19.0 Å². The van der Waals surface area contributed by atoms with Gasteiger partial charge in [0.1, 0.15) is 5.69 Å². The number of pyridine rings is 1. The first-order valence-electron chi connectivity index (χ1n) is 6.66. The maximum Gasteiger partial charge on any atom is 0.253 e. The van der Waals surface area contributed by atoms with Crippen molar-refractivity contribution in [3.05, 3.63) is 35.2 Å². The van der Waals surface area contributed by atoms with Gasteiger partial charge in [0.15, 0.2) is 5.82 Å². The van der Waals surface area contributed by atoms with E-state index in [1.54, 1.807) is 0 Å². The number of nitrogens with one attached hydrogen (secondary N) is 1. The van der Waals surface area contributed by atoms with Crippen LogP contribution in [0.4, 0.5) is 23.2 Å². The van der Waals surface area contributed by atoms with Crippen LogP contribution in [0.25, 0.3) is 0 Å². The first-order valence-corrected chi connectivity index (χ1v) is 6.66. The lowest BCUT2D eigenvalue weighted by Crippen LogP contribution is -2.11. The lowest BCUT2D eigenvalue weighted by atomic mass is 10.2. The number of hydrogen-bond acceptors (Lipinski definition) is 5. The van der Waals surface area contributed by atoms with Crippen LogP contribution in [0, 0.1) is 23.5 Å². The first-order chi connectivity index (χ1) is 10.4. The minimum Gasteiger partial charge on any atom is -0.380 e. The van der Waals surface area contributed by atoms with Crippen LogP contribution in [0.2, 0.25) is 0 Å². The number of rotatable bonds is 6. The summed E-state index contributed by atoms with van der Waals surface area (Å²) in [5, 5.41) is 6.07. The van der Waals surface area contributed by atoms with Gasteiger partial charge in [-0.25, -0.2) is 0 Å². The zero-order valence-electron chi connectivity index (χ0n) is 12.0. The number of nitrogens with zero attached hydrogens (tertiary/aromatic N) is 3. The molecule has 1 N–H and O–H groups in total. The molecule has 2 aromatic rings. The third-order valence-electron chi connectivity index (χ3n) is 2.87. The van der Waals surface area contributed by atoms with Crippen LogP contribution in [0.1, 0.15) is 37.9 Å². The maximum atomic E-state index is 13.3. The molecule has 2 heterocycles. The highest BCUT2D eigenvalue weighted by molar-refractivity contribution is 5.45. The van der Waals surface area contributed by atoms with Gasteiger partial charge in [-0.15, -0.1) is 0 Å². The molecule has 0 atom stereocenters. The summed E-state index contributed by atoms with van der Waals surface area (Å²) < 4.78 is 57.5. The van der Waals surface area contributed by atoms with E-state index in [9.17, 15) is 17.6 Å². The van der Waals surface area contributed by atoms with Crippen LogP contribution in [0.15, 0.2) is 4.52 Å². The molecule has 0 aromatic carbocycles. The van der Waals surface area contributed by atoms with E-state index in [0.29, 0.717) is 24.6 Å². The van der Waals surface area contributed by atoms with Crippen molar-refractivity contribution in [3.63, 3.8) is 0 Å². The standard InChI is InChI=1S/C13H14F4N4O/c1-6(2)13-19-7(22-21-13)4-3-5-18-10-8(14)11(16)20-12(17)9(10)15/h6H,3-5H2,1-2H3,(H,18,20). The highest BCUT2D eigenvalue weighted by atomic mass is 19.2. The molecule has 0 amide bonds. The van der Waals surface area contributed by atoms with E-state index in [4.69, 9.17) is 4.52 Å². The monoisotopic (exact) mass is 318 g/mol. The molecular formula is C13H14F4N4O. The average molecular weight is 318 g/mol. The predicted octanol–water partition coefficient (Wildman–Crippen LogP) is 3.19. The number of anilines is 1. The molecule has 2 rings (SSSR count). The predicted molar refractivity (Wildman–Crippen MR) is 69.3 cm³/mol. The van der Waals surface area contributed by atoms with Gasteiger partial charge >= 0.3 is 0 Å². The Balaban J connectivity index is 1.91. The molecule has 0 saturated carbocycles. The number of aromatic nitrogens is 3. The Morgan fingerprint density at radius 2 is 1.68 bits per heavy atom. The summed E-state index contributed by atoms with van der Waals surface area (Å²) in [6, 6.07) is 0. The third-order valence-corrected chi connectivity index (χ3v) is 2.87. The molecule has 0 spiro atoms. The molecule has 120 valence electrons. The van der Waals surface area contributed by atoms with Crippen LogP contribution >= 0.6 is 0 Å². The Morgan fingerprint density at radius 3 is 2.23 bits per heavy atom. The smallest absolute Gasteiger partial charge is 0.253 e. The van der Waals surface area contributed by atoms with E-state index >= 15 is 0 Å². The largest absolute Gasteiger partial charge is 0.380 e. The Kier molecular flexibility index (Phi) is 4.94. The second-order valence-corrected chi connectivity index (χ2v) is 4.93. The van der Waals surface area contributed by atoms with Gasteiger partial charge in [0.05, 0.1) is 0 Å². The fraction of sp³-hybridized carbons (Fsp3) is 0.462. The van der Waals surface area contributed by atoms with Gasteiger partial charge in [0, 0.05) is 18.9 Å². The summed E-state index contributed by atoms with van der Waals surface area (Å²) in [5.74, 6) is -5.42. The Bertz CT molecular complexity index is 633. The van der Waals surface area contributed by atoms with Crippen LogP contribution in [-0.4, -0.2) is 21.7 Å². The minimum atomic E-state index is -1.69. The second kappa shape index (κ2) is 6.71. The van der Waals surface area contributed by atoms with Crippen LogP contribution in [0.3, 0.4) is 0 Å². The number of aryl methyl sites for hydroxylation is 1. The van der Waals surface area contributed by atoms with Crippen molar-refractivity contribution in [3.8, 4) is 0 Å². The molecule has 0 radical (unpaired) electrons. The zero-order valence-corrected chi connectivity index (χ0v) is 12.0. The van der Waals surface area contributed by atoms with Crippen molar-refractivity contribution >= 4 is 5.69 Å². The van der Waals surface area contributed by atoms with Crippen molar-refractivity contribution < 1.29 is 22.1 Å². The average Bonchev–Trinajstić information content (AvgIpc) is 2.93. The van der Waals surface area contributed by atoms with Crippen molar-refractivity contribution in [2.45, 2.75) is 32.6 Å². The van der Waals surface area contributed by atoms with E-state index < -0.39 is 29.2 Å². The third kappa shape index (κ3) is 3.52. The lowest BCUT2D eigenvalue weighted by Gasteiger charge is -2.08. The van der Waals surface area contributed by atoms with Crippen LogP contribution in [0.5, 0.6) is 0 Å². The van der Waals surface area contributed by atoms with Gasteiger partial charge < -0.3 is 9.84 Å². The van der Waals surface area contributed by atoms with Crippen molar-refractivity contribution in [1.29, 1.82) is 0 Å². The van der Waals surface area contributed by atoms with Gasteiger partial charge in [-0.3, -0.25) is 0 Å². The Hall–Kier alpha value is -2.19. The molecule has 0 unspecified atom stereocenters. The summed E-state index contributed by atoms with van der Waals surface area (Å²) in [7, 11) is 0. The zero-order chi connectivity index (χ0) is 16.3. The quantitative estimate of drug-likeness (QED) is 0.503. The van der Waals surface area contributed by atoms with E-state index in [0.717, 1.165) is 0 Å². The highest BCUT2D eigenvalue weighted by Crippen LogP contribution is 2.22. The fourth-order valence-corrected chi connectivity index (χ4v) is 1.70. The maximum absolute atomic E-state index is 13.3. The van der Waals surface area contributed by atoms with E-state index in [1.165, 1.54) is 0 Å². The molecule has 0 bridgehead atoms. The summed E-state index contributed by atoms with van der Waals surface area (Å²) >= 11 is 0. The van der Waals surface area contributed by atoms with Crippen LogP contribution < -0.4 is 5.32 Å². The van der Waals surface area contributed by atoms with Gasteiger partial charge in [0.25, 0.3) is 11.9 Å². The lowest BCUT2D eigenvalue weighted by molar-refractivity contribution is 0.369. The first kappa shape index (κ1) is 16.2. The second-order valence-electron chi connectivity index (χ2n) is 4.93. The summed E-state index contributed by atoms with van der Waals surface area (Å²) in [4.78, 5) is 6.61. The Morgan fingerprint density at radius 1 is 1.05 bits per heavy atom. The SMILES string of the molecule is CC(C)c1noc(CCCNc2c(F)c(F)nc(F)c2F)n1. The number of halogens is 4. The van der Waals surface area contributed by atoms with Gasteiger partial charge in [-0.2, -0.15) is 27.5 Å². The molecule has 5 nitrogen and oxygen atoms in total. The fourth-order valence-electron chi connectivity index (χ4n) is 1.70. The molecule has 0 aliphatic carbocycles. The molecule has 0 saturated heterocycles. The molecule has 2 aromatic heterocycles. The van der Waals surface area contributed by atoms with Crippen molar-refractivity contribution in [2.75, 3.05) is 11.9 Å². The molecular weight excluding hydrogens is 304 g/mol. The summed E-state index contributed by atoms with van der Waals surface area (Å²) in [5.41, 5.74) is -0.876. The van der Waals surface area contributed by atoms with E-state index in [2.05, 4.69) is 20.4 Å². The van der Waals surface area contributed by atoms with E-state index in [1.807, 2.05) is 13.8 Å². The highest BCUT2D eigenvalue weighted by Gasteiger charge is 2.20. The van der Waals surface area contributed by atoms with E-state index in [-0.39, 0.29) is 12.5 Å². The molecule has 0 fully saturated rings. The van der Waals surface area contributed by atoms with Gasteiger partial charge in [0.2, 0.25) is 17.5 Å². The minimum absolute atomic E-state index is 0.0656. The molecule has 0 aliphatic rings. The molecule has 9 heteroatoms. The summed E-state index contributed by atoms with van der Waals surface area (Å²) in [6.07, 6.45) is 0.746. The van der Waals surface area contributed by atoms with Crippen molar-refractivity contribution in [1.82, 2.24) is 15.1 Å². The van der Waals surface area contributed by atoms with Gasteiger partial charge in [-0.05, 0) is 6.42 Å². The molecule has 22 heavy (non-hydrogen) atoms. The topological polar surface area (TPSA) is 63.8 Å². The Labute approximate surface area is 123 Å².